The van der Waals surface area contributed by atoms with Crippen molar-refractivity contribution in [3.05, 3.63) is 65.5 Å². The van der Waals surface area contributed by atoms with Crippen molar-refractivity contribution in [2.24, 2.45) is 0 Å². The maximum atomic E-state index is 14.2. The van der Waals surface area contributed by atoms with Crippen molar-refractivity contribution < 1.29 is 13.9 Å². The summed E-state index contributed by atoms with van der Waals surface area (Å²) in [6.07, 6.45) is 0.744. The van der Waals surface area contributed by atoms with Gasteiger partial charge in [-0.05, 0) is 36.5 Å². The van der Waals surface area contributed by atoms with Crippen LogP contribution in [0.2, 0.25) is 0 Å². The minimum absolute atomic E-state index is 0.00119. The highest BCUT2D eigenvalue weighted by Gasteiger charge is 2.25. The second-order valence-electron chi connectivity index (χ2n) is 6.65. The van der Waals surface area contributed by atoms with Gasteiger partial charge in [0.25, 0.3) is 5.91 Å². The zero-order chi connectivity index (χ0) is 17.7. The third kappa shape index (κ3) is 4.13. The highest BCUT2D eigenvalue weighted by atomic mass is 19.1. The van der Waals surface area contributed by atoms with Gasteiger partial charge in [0.2, 0.25) is 0 Å². The van der Waals surface area contributed by atoms with Crippen LogP contribution >= 0.6 is 0 Å². The fraction of sp³-hybridized carbons (Fsp3) is 0.350. The van der Waals surface area contributed by atoms with E-state index in [1.54, 1.807) is 6.07 Å². The van der Waals surface area contributed by atoms with E-state index in [2.05, 4.69) is 31.3 Å². The Morgan fingerprint density at radius 3 is 2.46 bits per heavy atom. The first kappa shape index (κ1) is 18.0. The zero-order valence-electron chi connectivity index (χ0n) is 14.6. The second kappa shape index (κ2) is 7.47. The summed E-state index contributed by atoms with van der Waals surface area (Å²) in [7, 11) is 1.38. The van der Waals surface area contributed by atoms with E-state index >= 15 is 0 Å². The van der Waals surface area contributed by atoms with Crippen LogP contribution < -0.4 is 10.1 Å². The van der Waals surface area contributed by atoms with Gasteiger partial charge in [-0.1, -0.05) is 50.2 Å². The van der Waals surface area contributed by atoms with Crippen molar-refractivity contribution in [2.45, 2.75) is 38.6 Å². The lowest BCUT2D eigenvalue weighted by Crippen LogP contribution is -2.37. The van der Waals surface area contributed by atoms with Gasteiger partial charge in [-0.15, -0.1) is 0 Å². The number of benzene rings is 2. The zero-order valence-corrected chi connectivity index (χ0v) is 14.6. The molecule has 1 unspecified atom stereocenters. The van der Waals surface area contributed by atoms with E-state index in [-0.39, 0.29) is 22.8 Å². The highest BCUT2D eigenvalue weighted by molar-refractivity contribution is 5.95. The Bertz CT molecular complexity index is 698. The number of carbonyl (C=O) groups is 1. The molecule has 4 heteroatoms. The molecule has 1 atom stereocenters. The first-order valence-corrected chi connectivity index (χ1v) is 8.04. The van der Waals surface area contributed by atoms with E-state index in [1.165, 1.54) is 24.8 Å². The summed E-state index contributed by atoms with van der Waals surface area (Å²) in [6.45, 7) is 6.20. The van der Waals surface area contributed by atoms with Gasteiger partial charge in [0.15, 0.2) is 11.6 Å². The molecular formula is C20H24FNO2. The first-order valence-electron chi connectivity index (χ1n) is 8.04. The third-order valence-corrected chi connectivity index (χ3v) is 4.18. The Hall–Kier alpha value is -2.36. The Morgan fingerprint density at radius 1 is 1.17 bits per heavy atom. The number of amides is 1. The van der Waals surface area contributed by atoms with E-state index in [9.17, 15) is 9.18 Å². The quantitative estimate of drug-likeness (QED) is 0.857. The largest absolute Gasteiger partial charge is 0.494 e. The molecule has 3 nitrogen and oxygen atoms in total. The Balaban J connectivity index is 2.07. The molecule has 0 aromatic heterocycles. The van der Waals surface area contributed by atoms with Gasteiger partial charge >= 0.3 is 0 Å². The monoisotopic (exact) mass is 329 g/mol. The van der Waals surface area contributed by atoms with Crippen LogP contribution in [0.1, 0.15) is 43.1 Å². The number of nitrogens with one attached hydrogen (secondary N) is 1. The van der Waals surface area contributed by atoms with Gasteiger partial charge < -0.3 is 10.1 Å². The number of rotatable bonds is 6. The smallest absolute Gasteiger partial charge is 0.254 e. The van der Waals surface area contributed by atoms with Crippen molar-refractivity contribution in [3.63, 3.8) is 0 Å². The molecule has 0 fully saturated rings. The van der Waals surface area contributed by atoms with Crippen LogP contribution in [0.25, 0.3) is 0 Å². The minimum Gasteiger partial charge on any atom is -0.494 e. The van der Waals surface area contributed by atoms with Crippen molar-refractivity contribution in [3.8, 4) is 5.75 Å². The summed E-state index contributed by atoms with van der Waals surface area (Å²) >= 11 is 0. The van der Waals surface area contributed by atoms with Crippen LogP contribution in [-0.2, 0) is 5.41 Å². The number of carbonyl (C=O) groups excluding carboxylic acids is 1. The van der Waals surface area contributed by atoms with E-state index in [4.69, 9.17) is 4.74 Å². The van der Waals surface area contributed by atoms with Crippen molar-refractivity contribution in [1.29, 1.82) is 0 Å². The van der Waals surface area contributed by atoms with Gasteiger partial charge in [0.05, 0.1) is 12.7 Å². The van der Waals surface area contributed by atoms with E-state index in [0.29, 0.717) is 0 Å². The molecule has 0 aliphatic carbocycles. The molecule has 0 saturated carbocycles. The lowest BCUT2D eigenvalue weighted by atomic mass is 9.79. The molecule has 1 amide bonds. The summed E-state index contributed by atoms with van der Waals surface area (Å²) in [6, 6.07) is 14.6. The van der Waals surface area contributed by atoms with Gasteiger partial charge in [-0.3, -0.25) is 4.79 Å². The molecule has 2 aromatic carbocycles. The SMILES string of the molecule is COc1cccc(C(=O)NC(C)CC(C)(C)c2ccccc2)c1F. The molecule has 2 aromatic rings. The van der Waals surface area contributed by atoms with Gasteiger partial charge in [-0.25, -0.2) is 4.39 Å². The molecule has 128 valence electrons. The van der Waals surface area contributed by atoms with Crippen LogP contribution in [0.5, 0.6) is 5.75 Å². The summed E-state index contributed by atoms with van der Waals surface area (Å²) in [5.74, 6) is -0.991. The van der Waals surface area contributed by atoms with Gasteiger partial charge in [0.1, 0.15) is 0 Å². The molecule has 0 aliphatic heterocycles. The lowest BCUT2D eigenvalue weighted by Gasteiger charge is -2.29. The first-order chi connectivity index (χ1) is 11.3. The maximum Gasteiger partial charge on any atom is 0.254 e. The predicted octanol–water partition coefficient (Wildman–Crippen LogP) is 4.32. The number of halogens is 1. The summed E-state index contributed by atoms with van der Waals surface area (Å²) < 4.78 is 19.1. The Labute approximate surface area is 142 Å². The van der Waals surface area contributed by atoms with Crippen molar-refractivity contribution in [1.82, 2.24) is 5.32 Å². The molecule has 0 heterocycles. The molecule has 0 radical (unpaired) electrons. The normalized spacial score (nSPS) is 12.5. The Kier molecular flexibility index (Phi) is 5.60. The molecule has 0 aliphatic rings. The van der Waals surface area contributed by atoms with Crippen LogP contribution in [0, 0.1) is 5.82 Å². The number of ether oxygens (including phenoxy) is 1. The minimum atomic E-state index is -0.632. The van der Waals surface area contributed by atoms with Gasteiger partial charge in [-0.2, -0.15) is 0 Å². The van der Waals surface area contributed by atoms with Crippen LogP contribution in [-0.4, -0.2) is 19.1 Å². The van der Waals surface area contributed by atoms with E-state index < -0.39 is 11.7 Å². The molecule has 1 N–H and O–H groups in total. The Morgan fingerprint density at radius 2 is 1.83 bits per heavy atom. The van der Waals surface area contributed by atoms with E-state index in [0.717, 1.165) is 6.42 Å². The molecule has 2 rings (SSSR count). The predicted molar refractivity (Wildman–Crippen MR) is 94.0 cm³/mol. The number of hydrogen-bond acceptors (Lipinski definition) is 2. The number of hydrogen-bond donors (Lipinski definition) is 1. The molecule has 0 bridgehead atoms. The molecular weight excluding hydrogens is 305 g/mol. The lowest BCUT2D eigenvalue weighted by molar-refractivity contribution is 0.0929. The van der Waals surface area contributed by atoms with Crippen molar-refractivity contribution in [2.75, 3.05) is 7.11 Å². The molecule has 0 saturated heterocycles. The summed E-state index contributed by atoms with van der Waals surface area (Å²) in [5, 5.41) is 2.88. The highest BCUT2D eigenvalue weighted by Crippen LogP contribution is 2.28. The fourth-order valence-electron chi connectivity index (χ4n) is 2.97. The van der Waals surface area contributed by atoms with Gasteiger partial charge in [0, 0.05) is 6.04 Å². The van der Waals surface area contributed by atoms with Crippen molar-refractivity contribution >= 4 is 5.91 Å². The standard InChI is InChI=1S/C20H24FNO2/c1-14(13-20(2,3)15-9-6-5-7-10-15)22-19(23)16-11-8-12-17(24-4)18(16)21/h5-12,14H,13H2,1-4H3,(H,22,23). The fourth-order valence-corrected chi connectivity index (χ4v) is 2.97. The van der Waals surface area contributed by atoms with Crippen LogP contribution in [0.4, 0.5) is 4.39 Å². The second-order valence-corrected chi connectivity index (χ2v) is 6.65. The topological polar surface area (TPSA) is 38.3 Å². The average molecular weight is 329 g/mol. The van der Waals surface area contributed by atoms with Crippen LogP contribution in [0.3, 0.4) is 0 Å². The van der Waals surface area contributed by atoms with Crippen LogP contribution in [0.15, 0.2) is 48.5 Å². The third-order valence-electron chi connectivity index (χ3n) is 4.18. The molecule has 24 heavy (non-hydrogen) atoms. The summed E-state index contributed by atoms with van der Waals surface area (Å²) in [4.78, 5) is 12.4. The molecule has 0 spiro atoms. The van der Waals surface area contributed by atoms with E-state index in [1.807, 2.05) is 25.1 Å². The average Bonchev–Trinajstić information content (AvgIpc) is 2.55. The number of methoxy groups -OCH3 is 1. The maximum absolute atomic E-state index is 14.2. The summed E-state index contributed by atoms with van der Waals surface area (Å²) in [5.41, 5.74) is 1.11.